The molecule has 0 saturated carbocycles. The Kier molecular flexibility index (Phi) is 7.29. The molecule has 1 amide bonds. The Balaban J connectivity index is 2.08. The average molecular weight is 423 g/mol. The molecule has 132 valence electrons. The summed E-state index contributed by atoms with van der Waals surface area (Å²) in [7, 11) is 0. The van der Waals surface area contributed by atoms with Crippen molar-refractivity contribution < 1.29 is 14.3 Å². The summed E-state index contributed by atoms with van der Waals surface area (Å²) in [5.74, 6) is 0.776. The van der Waals surface area contributed by atoms with Gasteiger partial charge in [0.2, 0.25) is 0 Å². The topological polar surface area (TPSA) is 62.6 Å². The lowest BCUT2D eigenvalue weighted by atomic mass is 10.2. The van der Waals surface area contributed by atoms with Crippen molar-refractivity contribution in [3.63, 3.8) is 0 Å². The molecule has 0 N–H and O–H groups in total. The van der Waals surface area contributed by atoms with Crippen molar-refractivity contribution in [1.29, 1.82) is 5.26 Å². The molecule has 0 saturated heterocycles. The van der Waals surface area contributed by atoms with Gasteiger partial charge in [0, 0.05) is 17.5 Å². The Bertz CT molecular complexity index is 756. The van der Waals surface area contributed by atoms with Crippen LogP contribution in [0.25, 0.3) is 0 Å². The first-order valence-corrected chi connectivity index (χ1v) is 9.55. The maximum absolute atomic E-state index is 12.5. The van der Waals surface area contributed by atoms with Gasteiger partial charge in [-0.1, -0.05) is 6.07 Å². The normalized spacial score (nSPS) is 10.2. The SMILES string of the molecule is CCOc1cc(C#N)cc(Br)c1OCC(=O)N(CC)Cc1cccs1. The van der Waals surface area contributed by atoms with Gasteiger partial charge in [-0.3, -0.25) is 4.79 Å². The zero-order valence-electron chi connectivity index (χ0n) is 14.1. The minimum absolute atomic E-state index is 0.0935. The van der Waals surface area contributed by atoms with Gasteiger partial charge in [0.15, 0.2) is 18.1 Å². The molecule has 1 heterocycles. The molecule has 2 rings (SSSR count). The fourth-order valence-corrected chi connectivity index (χ4v) is 3.50. The highest BCUT2D eigenvalue weighted by Gasteiger charge is 2.17. The second-order valence-electron chi connectivity index (χ2n) is 5.11. The predicted octanol–water partition coefficient (Wildman–Crippen LogP) is 4.21. The van der Waals surface area contributed by atoms with Crippen LogP contribution in [0.4, 0.5) is 0 Å². The number of hydrogen-bond acceptors (Lipinski definition) is 5. The summed E-state index contributed by atoms with van der Waals surface area (Å²) < 4.78 is 11.8. The molecule has 0 bridgehead atoms. The van der Waals surface area contributed by atoms with Crippen LogP contribution in [0.15, 0.2) is 34.1 Å². The minimum atomic E-state index is -0.102. The van der Waals surface area contributed by atoms with Crippen LogP contribution in [-0.4, -0.2) is 30.6 Å². The van der Waals surface area contributed by atoms with Crippen molar-refractivity contribution in [1.82, 2.24) is 4.90 Å². The van der Waals surface area contributed by atoms with Crippen molar-refractivity contribution in [3.8, 4) is 17.6 Å². The van der Waals surface area contributed by atoms with E-state index in [0.717, 1.165) is 4.88 Å². The molecule has 0 radical (unpaired) electrons. The third-order valence-corrected chi connectivity index (χ3v) is 4.89. The summed E-state index contributed by atoms with van der Waals surface area (Å²) in [6, 6.07) is 9.30. The van der Waals surface area contributed by atoms with Crippen LogP contribution in [0.5, 0.6) is 11.5 Å². The Hall–Kier alpha value is -2.04. The molecule has 25 heavy (non-hydrogen) atoms. The van der Waals surface area contributed by atoms with E-state index in [9.17, 15) is 4.79 Å². The molecule has 0 fully saturated rings. The van der Waals surface area contributed by atoms with Crippen LogP contribution in [0, 0.1) is 11.3 Å². The van der Waals surface area contributed by atoms with E-state index in [1.807, 2.05) is 31.4 Å². The van der Waals surface area contributed by atoms with E-state index in [1.54, 1.807) is 28.4 Å². The average Bonchev–Trinajstić information content (AvgIpc) is 3.11. The van der Waals surface area contributed by atoms with E-state index in [4.69, 9.17) is 14.7 Å². The van der Waals surface area contributed by atoms with Gasteiger partial charge in [-0.05, 0) is 47.3 Å². The highest BCUT2D eigenvalue weighted by molar-refractivity contribution is 9.10. The molecular formula is C18H19BrN2O3S. The van der Waals surface area contributed by atoms with Gasteiger partial charge in [0.25, 0.3) is 5.91 Å². The number of likely N-dealkylation sites (N-methyl/N-ethyl adjacent to an activating group) is 1. The van der Waals surface area contributed by atoms with Crippen molar-refractivity contribution >= 4 is 33.2 Å². The standard InChI is InChI=1S/C18H19BrN2O3S/c1-3-21(11-14-6-5-7-25-14)17(22)12-24-18-15(19)8-13(10-20)9-16(18)23-4-2/h5-9H,3-4,11-12H2,1-2H3. The number of nitrogens with zero attached hydrogens (tertiary/aromatic N) is 2. The lowest BCUT2D eigenvalue weighted by Gasteiger charge is -2.21. The van der Waals surface area contributed by atoms with E-state index < -0.39 is 0 Å². The number of carbonyl (C=O) groups excluding carboxylic acids is 1. The number of nitriles is 1. The lowest BCUT2D eigenvalue weighted by Crippen LogP contribution is -2.34. The van der Waals surface area contributed by atoms with Gasteiger partial charge in [0.1, 0.15) is 0 Å². The number of thiophene rings is 1. The second-order valence-corrected chi connectivity index (χ2v) is 6.99. The third kappa shape index (κ3) is 5.21. The fourth-order valence-electron chi connectivity index (χ4n) is 2.23. The third-order valence-electron chi connectivity index (χ3n) is 3.44. The van der Waals surface area contributed by atoms with Crippen LogP contribution in [0.2, 0.25) is 0 Å². The van der Waals surface area contributed by atoms with E-state index in [-0.39, 0.29) is 12.5 Å². The first-order chi connectivity index (χ1) is 12.1. The Morgan fingerprint density at radius 3 is 2.76 bits per heavy atom. The smallest absolute Gasteiger partial charge is 0.260 e. The van der Waals surface area contributed by atoms with Crippen LogP contribution in [-0.2, 0) is 11.3 Å². The summed E-state index contributed by atoms with van der Waals surface area (Å²) in [6.45, 7) is 5.31. The molecule has 0 aliphatic heterocycles. The quantitative estimate of drug-likeness (QED) is 0.638. The zero-order chi connectivity index (χ0) is 18.2. The van der Waals surface area contributed by atoms with Crippen molar-refractivity contribution in [2.45, 2.75) is 20.4 Å². The van der Waals surface area contributed by atoms with Crippen molar-refractivity contribution in [2.75, 3.05) is 19.8 Å². The molecule has 7 heteroatoms. The largest absolute Gasteiger partial charge is 0.490 e. The molecule has 0 spiro atoms. The van der Waals surface area contributed by atoms with Crippen molar-refractivity contribution in [3.05, 3.63) is 44.6 Å². The van der Waals surface area contributed by atoms with Gasteiger partial charge < -0.3 is 14.4 Å². The number of halogens is 1. The fraction of sp³-hybridized carbons (Fsp3) is 0.333. The van der Waals surface area contributed by atoms with Gasteiger partial charge in [-0.15, -0.1) is 11.3 Å². The van der Waals surface area contributed by atoms with Crippen LogP contribution in [0.1, 0.15) is 24.3 Å². The summed E-state index contributed by atoms with van der Waals surface area (Å²) in [6.07, 6.45) is 0. The van der Waals surface area contributed by atoms with Gasteiger partial charge in [0.05, 0.1) is 29.3 Å². The number of ether oxygens (including phenoxy) is 2. The molecule has 5 nitrogen and oxygen atoms in total. The summed E-state index contributed by atoms with van der Waals surface area (Å²) in [5, 5.41) is 11.1. The molecule has 0 aliphatic rings. The molecule has 1 aromatic heterocycles. The monoisotopic (exact) mass is 422 g/mol. The van der Waals surface area contributed by atoms with E-state index in [1.165, 1.54) is 0 Å². The number of carbonyl (C=O) groups is 1. The van der Waals surface area contributed by atoms with Crippen molar-refractivity contribution in [2.24, 2.45) is 0 Å². The molecule has 2 aromatic rings. The second kappa shape index (κ2) is 9.44. The zero-order valence-corrected chi connectivity index (χ0v) is 16.5. The van der Waals surface area contributed by atoms with E-state index in [0.29, 0.717) is 41.2 Å². The molecule has 1 aromatic carbocycles. The Labute approximate surface area is 159 Å². The first-order valence-electron chi connectivity index (χ1n) is 7.88. The van der Waals surface area contributed by atoms with Gasteiger partial charge in [-0.2, -0.15) is 5.26 Å². The van der Waals surface area contributed by atoms with Crippen LogP contribution >= 0.6 is 27.3 Å². The number of benzene rings is 1. The highest BCUT2D eigenvalue weighted by Crippen LogP contribution is 2.36. The van der Waals surface area contributed by atoms with Crippen LogP contribution < -0.4 is 9.47 Å². The minimum Gasteiger partial charge on any atom is -0.490 e. The van der Waals surface area contributed by atoms with E-state index in [2.05, 4.69) is 22.0 Å². The first kappa shape index (κ1) is 19.3. The van der Waals surface area contributed by atoms with E-state index >= 15 is 0 Å². The summed E-state index contributed by atoms with van der Waals surface area (Å²) >= 11 is 5.00. The highest BCUT2D eigenvalue weighted by atomic mass is 79.9. The number of amides is 1. The number of hydrogen-bond donors (Lipinski definition) is 0. The summed E-state index contributed by atoms with van der Waals surface area (Å²) in [4.78, 5) is 15.3. The summed E-state index contributed by atoms with van der Waals surface area (Å²) in [5.41, 5.74) is 0.460. The maximum Gasteiger partial charge on any atom is 0.260 e. The number of rotatable bonds is 8. The molecular weight excluding hydrogens is 404 g/mol. The maximum atomic E-state index is 12.5. The Morgan fingerprint density at radius 1 is 1.36 bits per heavy atom. The predicted molar refractivity (Wildman–Crippen MR) is 101 cm³/mol. The Morgan fingerprint density at radius 2 is 2.16 bits per heavy atom. The molecule has 0 unspecified atom stereocenters. The molecule has 0 atom stereocenters. The van der Waals surface area contributed by atoms with Gasteiger partial charge >= 0.3 is 0 Å². The molecule has 0 aliphatic carbocycles. The van der Waals surface area contributed by atoms with Crippen LogP contribution in [0.3, 0.4) is 0 Å². The lowest BCUT2D eigenvalue weighted by molar-refractivity contribution is -0.133. The van der Waals surface area contributed by atoms with Gasteiger partial charge in [-0.25, -0.2) is 0 Å².